The van der Waals surface area contributed by atoms with Gasteiger partial charge < -0.3 is 16.0 Å². The highest BCUT2D eigenvalue weighted by Gasteiger charge is 2.25. The summed E-state index contributed by atoms with van der Waals surface area (Å²) in [6.45, 7) is 3.77. The Kier molecular flexibility index (Phi) is 3.26. The second kappa shape index (κ2) is 4.90. The predicted octanol–water partition coefficient (Wildman–Crippen LogP) is 1.44. The van der Waals surface area contributed by atoms with E-state index in [2.05, 4.69) is 10.2 Å². The van der Waals surface area contributed by atoms with Crippen LogP contribution in [0.2, 0.25) is 0 Å². The number of anilines is 1. The molecule has 0 bridgehead atoms. The predicted molar refractivity (Wildman–Crippen MR) is 76.6 cm³/mol. The van der Waals surface area contributed by atoms with Crippen molar-refractivity contribution in [2.24, 2.45) is 0 Å². The Balaban J connectivity index is 1.90. The van der Waals surface area contributed by atoms with Crippen molar-refractivity contribution in [3.63, 3.8) is 0 Å². The van der Waals surface area contributed by atoms with Crippen molar-refractivity contribution >= 4 is 22.2 Å². The quantitative estimate of drug-likeness (QED) is 0.531. The molecular formula is C13H20N4S. The SMILES string of the molecule is N=C(c1c(N)sc2c1CCCC2)N1CCNCC1. The number of thiophene rings is 1. The van der Waals surface area contributed by atoms with Crippen LogP contribution in [0.1, 0.15) is 28.8 Å². The summed E-state index contributed by atoms with van der Waals surface area (Å²) >= 11 is 1.70. The third-order valence-corrected chi connectivity index (χ3v) is 4.99. The molecule has 1 aliphatic heterocycles. The number of hydrogen-bond acceptors (Lipinski definition) is 4. The molecule has 0 atom stereocenters. The fourth-order valence-corrected chi connectivity index (χ4v) is 4.05. The van der Waals surface area contributed by atoms with Gasteiger partial charge in [0.1, 0.15) is 5.84 Å². The van der Waals surface area contributed by atoms with Gasteiger partial charge in [-0.05, 0) is 31.2 Å². The van der Waals surface area contributed by atoms with E-state index in [0.29, 0.717) is 5.84 Å². The highest BCUT2D eigenvalue weighted by molar-refractivity contribution is 7.16. The highest BCUT2D eigenvalue weighted by Crippen LogP contribution is 2.36. The Morgan fingerprint density at radius 2 is 1.94 bits per heavy atom. The molecule has 5 heteroatoms. The molecule has 2 aliphatic rings. The van der Waals surface area contributed by atoms with E-state index in [1.54, 1.807) is 11.3 Å². The lowest BCUT2D eigenvalue weighted by molar-refractivity contribution is 0.356. The monoisotopic (exact) mass is 264 g/mol. The van der Waals surface area contributed by atoms with Crippen LogP contribution in [0, 0.1) is 5.41 Å². The van der Waals surface area contributed by atoms with Crippen LogP contribution in [0.4, 0.5) is 5.00 Å². The fraction of sp³-hybridized carbons (Fsp3) is 0.615. The van der Waals surface area contributed by atoms with Gasteiger partial charge in [0.25, 0.3) is 0 Å². The van der Waals surface area contributed by atoms with Crippen molar-refractivity contribution in [3.8, 4) is 0 Å². The van der Waals surface area contributed by atoms with Gasteiger partial charge >= 0.3 is 0 Å². The number of fused-ring (bicyclic) bond motifs is 1. The number of aryl methyl sites for hydroxylation is 1. The van der Waals surface area contributed by atoms with E-state index in [0.717, 1.165) is 49.6 Å². The molecule has 0 unspecified atom stereocenters. The smallest absolute Gasteiger partial charge is 0.131 e. The molecule has 3 rings (SSSR count). The molecule has 98 valence electrons. The summed E-state index contributed by atoms with van der Waals surface area (Å²) in [4.78, 5) is 3.58. The molecule has 1 fully saturated rings. The largest absolute Gasteiger partial charge is 0.390 e. The van der Waals surface area contributed by atoms with E-state index >= 15 is 0 Å². The topological polar surface area (TPSA) is 65.1 Å². The van der Waals surface area contributed by atoms with E-state index in [4.69, 9.17) is 11.1 Å². The Hall–Kier alpha value is -1.07. The van der Waals surface area contributed by atoms with Crippen LogP contribution in [0.25, 0.3) is 0 Å². The molecule has 4 nitrogen and oxygen atoms in total. The van der Waals surface area contributed by atoms with Gasteiger partial charge in [-0.25, -0.2) is 0 Å². The zero-order valence-corrected chi connectivity index (χ0v) is 11.4. The molecule has 0 aromatic carbocycles. The number of nitrogens with one attached hydrogen (secondary N) is 2. The summed E-state index contributed by atoms with van der Waals surface area (Å²) in [5.41, 5.74) is 8.57. The molecule has 0 radical (unpaired) electrons. The number of nitrogen functional groups attached to an aromatic ring is 1. The first-order valence-corrected chi connectivity index (χ1v) is 7.53. The summed E-state index contributed by atoms with van der Waals surface area (Å²) in [5.74, 6) is 0.647. The Labute approximate surface area is 112 Å². The summed E-state index contributed by atoms with van der Waals surface area (Å²) in [6, 6.07) is 0. The molecule has 4 N–H and O–H groups in total. The van der Waals surface area contributed by atoms with E-state index in [-0.39, 0.29) is 0 Å². The Bertz CT molecular complexity index is 460. The van der Waals surface area contributed by atoms with E-state index in [1.165, 1.54) is 23.3 Å². The lowest BCUT2D eigenvalue weighted by atomic mass is 9.95. The van der Waals surface area contributed by atoms with Crippen LogP contribution < -0.4 is 11.1 Å². The third kappa shape index (κ3) is 2.01. The lowest BCUT2D eigenvalue weighted by Gasteiger charge is -2.30. The van der Waals surface area contributed by atoms with Crippen molar-refractivity contribution < 1.29 is 0 Å². The molecule has 0 amide bonds. The van der Waals surface area contributed by atoms with Crippen molar-refractivity contribution in [3.05, 3.63) is 16.0 Å². The standard InChI is InChI=1S/C13H20N4S/c14-12(17-7-5-16-6-8-17)11-9-3-1-2-4-10(9)18-13(11)15/h14,16H,1-8,15H2. The number of hydrogen-bond donors (Lipinski definition) is 3. The lowest BCUT2D eigenvalue weighted by Crippen LogP contribution is -2.46. The minimum absolute atomic E-state index is 0.647. The van der Waals surface area contributed by atoms with Crippen molar-refractivity contribution in [1.82, 2.24) is 10.2 Å². The molecule has 1 saturated heterocycles. The maximum absolute atomic E-state index is 8.45. The van der Waals surface area contributed by atoms with Gasteiger partial charge in [0.2, 0.25) is 0 Å². The van der Waals surface area contributed by atoms with Gasteiger partial charge in [-0.2, -0.15) is 0 Å². The number of rotatable bonds is 1. The van der Waals surface area contributed by atoms with Gasteiger partial charge in [-0.1, -0.05) is 0 Å². The molecule has 2 heterocycles. The molecule has 0 spiro atoms. The minimum atomic E-state index is 0.647. The van der Waals surface area contributed by atoms with Gasteiger partial charge in [0.15, 0.2) is 0 Å². The highest BCUT2D eigenvalue weighted by atomic mass is 32.1. The van der Waals surface area contributed by atoms with Crippen LogP contribution in [-0.4, -0.2) is 36.9 Å². The van der Waals surface area contributed by atoms with E-state index in [9.17, 15) is 0 Å². The molecule has 18 heavy (non-hydrogen) atoms. The molecule has 0 saturated carbocycles. The summed E-state index contributed by atoms with van der Waals surface area (Å²) in [5, 5.41) is 12.6. The van der Waals surface area contributed by atoms with Crippen LogP contribution in [0.15, 0.2) is 0 Å². The van der Waals surface area contributed by atoms with Gasteiger partial charge in [-0.3, -0.25) is 5.41 Å². The molecular weight excluding hydrogens is 244 g/mol. The second-order valence-electron chi connectivity index (χ2n) is 5.04. The first kappa shape index (κ1) is 12.0. The minimum Gasteiger partial charge on any atom is -0.390 e. The Morgan fingerprint density at radius 1 is 1.22 bits per heavy atom. The number of nitrogens with two attached hydrogens (primary N) is 1. The maximum Gasteiger partial charge on any atom is 0.131 e. The number of piperazine rings is 1. The van der Waals surface area contributed by atoms with Gasteiger partial charge in [0, 0.05) is 31.1 Å². The normalized spacial score (nSPS) is 19.7. The summed E-state index contributed by atoms with van der Waals surface area (Å²) in [7, 11) is 0. The zero-order valence-electron chi connectivity index (χ0n) is 10.6. The van der Waals surface area contributed by atoms with Crippen LogP contribution >= 0.6 is 11.3 Å². The maximum atomic E-state index is 8.45. The van der Waals surface area contributed by atoms with Crippen LogP contribution in [-0.2, 0) is 12.8 Å². The van der Waals surface area contributed by atoms with Crippen molar-refractivity contribution in [1.29, 1.82) is 5.41 Å². The van der Waals surface area contributed by atoms with Crippen LogP contribution in [0.5, 0.6) is 0 Å². The summed E-state index contributed by atoms with van der Waals surface area (Å²) in [6.07, 6.45) is 4.77. The number of nitrogens with zero attached hydrogens (tertiary/aromatic N) is 1. The number of amidine groups is 1. The second-order valence-corrected chi connectivity index (χ2v) is 6.17. The third-order valence-electron chi connectivity index (χ3n) is 3.87. The molecule has 1 aromatic heterocycles. The van der Waals surface area contributed by atoms with Gasteiger partial charge in [0.05, 0.1) is 10.6 Å². The van der Waals surface area contributed by atoms with E-state index in [1.807, 2.05) is 0 Å². The molecule has 1 aromatic rings. The molecule has 1 aliphatic carbocycles. The summed E-state index contributed by atoms with van der Waals surface area (Å²) < 4.78 is 0. The van der Waals surface area contributed by atoms with Crippen molar-refractivity contribution in [2.45, 2.75) is 25.7 Å². The Morgan fingerprint density at radius 3 is 2.72 bits per heavy atom. The first-order valence-electron chi connectivity index (χ1n) is 6.72. The van der Waals surface area contributed by atoms with E-state index < -0.39 is 0 Å². The van der Waals surface area contributed by atoms with Crippen LogP contribution in [0.3, 0.4) is 0 Å². The van der Waals surface area contributed by atoms with Gasteiger partial charge in [-0.15, -0.1) is 11.3 Å². The first-order chi connectivity index (χ1) is 8.77. The zero-order chi connectivity index (χ0) is 12.5. The average Bonchev–Trinajstić information content (AvgIpc) is 2.75. The average molecular weight is 264 g/mol. The fourth-order valence-electron chi connectivity index (χ4n) is 2.89. The van der Waals surface area contributed by atoms with Crippen molar-refractivity contribution in [2.75, 3.05) is 31.9 Å².